The van der Waals surface area contributed by atoms with Crippen LogP contribution in [0.3, 0.4) is 0 Å². The molecule has 1 aliphatic heterocycles. The Labute approximate surface area is 126 Å². The molecule has 0 saturated carbocycles. The van der Waals surface area contributed by atoms with Gasteiger partial charge in [0.1, 0.15) is 12.4 Å². The fourth-order valence-electron chi connectivity index (χ4n) is 2.97. The first-order valence-electron chi connectivity index (χ1n) is 7.61. The fourth-order valence-corrected chi connectivity index (χ4v) is 2.97. The van der Waals surface area contributed by atoms with Crippen molar-refractivity contribution in [1.82, 2.24) is 10.3 Å². The summed E-state index contributed by atoms with van der Waals surface area (Å²) in [6.07, 6.45) is 3.87. The molecule has 0 bridgehead atoms. The molecule has 21 heavy (non-hydrogen) atoms. The highest BCUT2D eigenvalue weighted by atomic mass is 16.5. The van der Waals surface area contributed by atoms with Crippen molar-refractivity contribution in [2.45, 2.75) is 45.2 Å². The summed E-state index contributed by atoms with van der Waals surface area (Å²) in [5, 5.41) is 0. The molecule has 0 radical (unpaired) electrons. The van der Waals surface area contributed by atoms with Gasteiger partial charge < -0.3 is 4.74 Å². The molecule has 1 saturated heterocycles. The van der Waals surface area contributed by atoms with E-state index in [2.05, 4.69) is 24.2 Å². The number of carbonyl (C=O) groups excluding carboxylic acids is 1. The SMILES string of the molecule is CC1CCCC(C)N1CCOc1ccc(C(=O)NN)cc1. The number of hydrazine groups is 1. The molecule has 2 rings (SSSR count). The Hall–Kier alpha value is -1.59. The molecule has 0 aromatic heterocycles. The molecule has 1 amide bonds. The highest BCUT2D eigenvalue weighted by Crippen LogP contribution is 2.22. The van der Waals surface area contributed by atoms with Crippen LogP contribution in [0.1, 0.15) is 43.5 Å². The molecule has 1 aromatic rings. The van der Waals surface area contributed by atoms with Crippen molar-refractivity contribution in [3.05, 3.63) is 29.8 Å². The minimum atomic E-state index is -0.294. The molecule has 2 unspecified atom stereocenters. The first-order valence-corrected chi connectivity index (χ1v) is 7.61. The highest BCUT2D eigenvalue weighted by molar-refractivity contribution is 5.93. The van der Waals surface area contributed by atoms with Gasteiger partial charge in [0.2, 0.25) is 0 Å². The number of benzene rings is 1. The van der Waals surface area contributed by atoms with E-state index in [1.807, 2.05) is 0 Å². The van der Waals surface area contributed by atoms with Gasteiger partial charge >= 0.3 is 0 Å². The number of carbonyl (C=O) groups is 1. The minimum absolute atomic E-state index is 0.294. The largest absolute Gasteiger partial charge is 0.492 e. The van der Waals surface area contributed by atoms with Crippen molar-refractivity contribution in [2.24, 2.45) is 5.84 Å². The average molecular weight is 291 g/mol. The lowest BCUT2D eigenvalue weighted by Crippen LogP contribution is -2.45. The van der Waals surface area contributed by atoms with Gasteiger partial charge in [-0.1, -0.05) is 6.42 Å². The molecule has 1 fully saturated rings. The standard InChI is InChI=1S/C16H25N3O2/c1-12-4-3-5-13(2)19(12)10-11-21-15-8-6-14(7-9-15)16(20)18-17/h6-9,12-13H,3-5,10-11,17H2,1-2H3,(H,18,20). The van der Waals surface area contributed by atoms with Gasteiger partial charge in [-0.3, -0.25) is 15.1 Å². The number of nitrogens with zero attached hydrogens (tertiary/aromatic N) is 1. The van der Waals surface area contributed by atoms with Crippen LogP contribution in [0.25, 0.3) is 0 Å². The number of ether oxygens (including phenoxy) is 1. The monoisotopic (exact) mass is 291 g/mol. The maximum absolute atomic E-state index is 11.3. The van der Waals surface area contributed by atoms with Crippen LogP contribution in [0.2, 0.25) is 0 Å². The molecule has 3 N–H and O–H groups in total. The molecular formula is C16H25N3O2. The third-order valence-electron chi connectivity index (χ3n) is 4.24. The van der Waals surface area contributed by atoms with Crippen LogP contribution in [-0.4, -0.2) is 36.0 Å². The zero-order chi connectivity index (χ0) is 15.2. The van der Waals surface area contributed by atoms with E-state index in [4.69, 9.17) is 10.6 Å². The second-order valence-electron chi connectivity index (χ2n) is 5.71. The minimum Gasteiger partial charge on any atom is -0.492 e. The molecule has 1 aliphatic rings. The van der Waals surface area contributed by atoms with Gasteiger partial charge in [-0.25, -0.2) is 5.84 Å². The van der Waals surface area contributed by atoms with Crippen molar-refractivity contribution >= 4 is 5.91 Å². The molecule has 2 atom stereocenters. The highest BCUT2D eigenvalue weighted by Gasteiger charge is 2.24. The van der Waals surface area contributed by atoms with Crippen LogP contribution in [0.15, 0.2) is 24.3 Å². The Morgan fingerprint density at radius 2 is 1.90 bits per heavy atom. The molecule has 0 spiro atoms. The zero-order valence-corrected chi connectivity index (χ0v) is 12.8. The van der Waals surface area contributed by atoms with Crippen LogP contribution in [0, 0.1) is 0 Å². The number of amides is 1. The number of likely N-dealkylation sites (tertiary alicyclic amines) is 1. The van der Waals surface area contributed by atoms with Gasteiger partial charge in [0.05, 0.1) is 0 Å². The molecule has 1 aromatic carbocycles. The Morgan fingerprint density at radius 1 is 1.29 bits per heavy atom. The maximum atomic E-state index is 11.3. The molecular weight excluding hydrogens is 266 g/mol. The second-order valence-corrected chi connectivity index (χ2v) is 5.71. The summed E-state index contributed by atoms with van der Waals surface area (Å²) in [6.45, 7) is 6.18. The normalized spacial score (nSPS) is 22.8. The quantitative estimate of drug-likeness (QED) is 0.494. The van der Waals surface area contributed by atoms with Crippen molar-refractivity contribution in [3.63, 3.8) is 0 Å². The summed E-state index contributed by atoms with van der Waals surface area (Å²) < 4.78 is 5.77. The summed E-state index contributed by atoms with van der Waals surface area (Å²) in [6, 6.07) is 8.29. The Bertz CT molecular complexity index is 451. The van der Waals surface area contributed by atoms with Gasteiger partial charge in [0.25, 0.3) is 5.91 Å². The molecule has 116 valence electrons. The lowest BCUT2D eigenvalue weighted by molar-refractivity contribution is 0.0851. The van der Waals surface area contributed by atoms with Crippen molar-refractivity contribution < 1.29 is 9.53 Å². The number of nitrogens with two attached hydrogens (primary N) is 1. The third kappa shape index (κ3) is 4.19. The summed E-state index contributed by atoms with van der Waals surface area (Å²) in [7, 11) is 0. The smallest absolute Gasteiger partial charge is 0.265 e. The number of nitrogen functional groups attached to an aromatic ring is 1. The Balaban J connectivity index is 1.81. The predicted molar refractivity (Wildman–Crippen MR) is 83.1 cm³/mol. The van der Waals surface area contributed by atoms with E-state index < -0.39 is 0 Å². The third-order valence-corrected chi connectivity index (χ3v) is 4.24. The van der Waals surface area contributed by atoms with Crippen LogP contribution >= 0.6 is 0 Å². The van der Waals surface area contributed by atoms with E-state index in [1.165, 1.54) is 19.3 Å². The summed E-state index contributed by atoms with van der Waals surface area (Å²) >= 11 is 0. The van der Waals surface area contributed by atoms with Crippen molar-refractivity contribution in [2.75, 3.05) is 13.2 Å². The summed E-state index contributed by atoms with van der Waals surface area (Å²) in [4.78, 5) is 13.8. The number of rotatable bonds is 5. The molecule has 5 nitrogen and oxygen atoms in total. The number of hydrogen-bond donors (Lipinski definition) is 2. The average Bonchev–Trinajstić information content (AvgIpc) is 2.50. The van der Waals surface area contributed by atoms with Crippen LogP contribution in [0.5, 0.6) is 5.75 Å². The van der Waals surface area contributed by atoms with Gasteiger partial charge in [0.15, 0.2) is 0 Å². The van der Waals surface area contributed by atoms with Crippen LogP contribution < -0.4 is 16.0 Å². The van der Waals surface area contributed by atoms with E-state index in [1.54, 1.807) is 24.3 Å². The zero-order valence-electron chi connectivity index (χ0n) is 12.8. The number of piperidine rings is 1. The Kier molecular flexibility index (Phi) is 5.59. The maximum Gasteiger partial charge on any atom is 0.265 e. The van der Waals surface area contributed by atoms with E-state index in [0.717, 1.165) is 12.3 Å². The lowest BCUT2D eigenvalue weighted by Gasteiger charge is -2.38. The van der Waals surface area contributed by atoms with Gasteiger partial charge in [-0.15, -0.1) is 0 Å². The van der Waals surface area contributed by atoms with E-state index in [-0.39, 0.29) is 5.91 Å². The van der Waals surface area contributed by atoms with Gasteiger partial charge in [-0.2, -0.15) is 0 Å². The molecule has 1 heterocycles. The predicted octanol–water partition coefficient (Wildman–Crippen LogP) is 1.93. The number of nitrogens with one attached hydrogen (secondary N) is 1. The first-order chi connectivity index (χ1) is 10.1. The van der Waals surface area contributed by atoms with Gasteiger partial charge in [0, 0.05) is 24.2 Å². The van der Waals surface area contributed by atoms with Crippen LogP contribution in [-0.2, 0) is 0 Å². The summed E-state index contributed by atoms with van der Waals surface area (Å²) in [5.74, 6) is 5.58. The van der Waals surface area contributed by atoms with E-state index >= 15 is 0 Å². The van der Waals surface area contributed by atoms with Gasteiger partial charge in [-0.05, 0) is 51.0 Å². The van der Waals surface area contributed by atoms with E-state index in [0.29, 0.717) is 24.3 Å². The van der Waals surface area contributed by atoms with Crippen LogP contribution in [0.4, 0.5) is 0 Å². The van der Waals surface area contributed by atoms with E-state index in [9.17, 15) is 4.79 Å². The first kappa shape index (κ1) is 15.8. The second kappa shape index (κ2) is 7.43. The van der Waals surface area contributed by atoms with Crippen molar-refractivity contribution in [3.8, 4) is 5.75 Å². The molecule has 5 heteroatoms. The van der Waals surface area contributed by atoms with Crippen molar-refractivity contribution in [1.29, 1.82) is 0 Å². The number of hydrogen-bond acceptors (Lipinski definition) is 4. The molecule has 0 aliphatic carbocycles. The fraction of sp³-hybridized carbons (Fsp3) is 0.562. The topological polar surface area (TPSA) is 67.6 Å². The summed E-state index contributed by atoms with van der Waals surface area (Å²) in [5.41, 5.74) is 2.64. The lowest BCUT2D eigenvalue weighted by atomic mass is 9.98. The Morgan fingerprint density at radius 3 is 2.48 bits per heavy atom.